The number of carbonyl (C=O) groups excluding carboxylic acids is 1. The van der Waals surface area contributed by atoms with Crippen LogP contribution in [0.1, 0.15) is 40.9 Å². The Morgan fingerprint density at radius 2 is 1.80 bits per heavy atom. The van der Waals surface area contributed by atoms with Crippen LogP contribution >= 0.6 is 22.9 Å². The molecule has 2 aliphatic rings. The standard InChI is InChI=1S/C21H25ClN2O4S2/c22-17-5-3-16(4-6-17)21(8-12-28-13-9-21)15-23-20(25)19-18(7-14-29-19)30(26,27)24-10-1-2-11-24/h3-7,14H,1-2,8-13,15H2,(H,23,25). The maximum atomic E-state index is 13.0. The molecule has 1 N–H and O–H groups in total. The van der Waals surface area contributed by atoms with Crippen molar-refractivity contribution in [2.24, 2.45) is 0 Å². The van der Waals surface area contributed by atoms with Crippen molar-refractivity contribution in [3.63, 3.8) is 0 Å². The molecule has 1 amide bonds. The van der Waals surface area contributed by atoms with Crippen molar-refractivity contribution in [2.75, 3.05) is 32.8 Å². The van der Waals surface area contributed by atoms with Gasteiger partial charge in [0.15, 0.2) is 0 Å². The van der Waals surface area contributed by atoms with E-state index in [9.17, 15) is 13.2 Å². The third-order valence-electron chi connectivity index (χ3n) is 6.01. The van der Waals surface area contributed by atoms with Crippen LogP contribution in [0.25, 0.3) is 0 Å². The van der Waals surface area contributed by atoms with E-state index in [1.165, 1.54) is 21.7 Å². The van der Waals surface area contributed by atoms with Gasteiger partial charge >= 0.3 is 0 Å². The summed E-state index contributed by atoms with van der Waals surface area (Å²) >= 11 is 7.22. The maximum Gasteiger partial charge on any atom is 0.262 e. The number of ether oxygens (including phenoxy) is 1. The quantitative estimate of drug-likeness (QED) is 0.701. The van der Waals surface area contributed by atoms with E-state index >= 15 is 0 Å². The van der Waals surface area contributed by atoms with Crippen LogP contribution in [0.15, 0.2) is 40.6 Å². The number of amides is 1. The summed E-state index contributed by atoms with van der Waals surface area (Å²) in [5, 5.41) is 5.35. The Morgan fingerprint density at radius 1 is 1.13 bits per heavy atom. The molecule has 0 atom stereocenters. The zero-order valence-corrected chi connectivity index (χ0v) is 19.0. The lowest BCUT2D eigenvalue weighted by Crippen LogP contribution is -2.44. The summed E-state index contributed by atoms with van der Waals surface area (Å²) in [6.45, 7) is 2.67. The van der Waals surface area contributed by atoms with Crippen LogP contribution < -0.4 is 5.32 Å². The highest BCUT2D eigenvalue weighted by Crippen LogP contribution is 2.35. The molecular weight excluding hydrogens is 444 g/mol. The minimum absolute atomic E-state index is 0.111. The molecule has 2 aromatic rings. The summed E-state index contributed by atoms with van der Waals surface area (Å²) in [5.41, 5.74) is 0.843. The Kier molecular flexibility index (Phi) is 6.50. The number of hydrogen-bond acceptors (Lipinski definition) is 5. The molecule has 3 heterocycles. The zero-order chi connectivity index (χ0) is 21.2. The molecule has 6 nitrogen and oxygen atoms in total. The summed E-state index contributed by atoms with van der Waals surface area (Å²) in [6.07, 6.45) is 3.27. The third kappa shape index (κ3) is 4.29. The fraction of sp³-hybridized carbons (Fsp3) is 0.476. The molecule has 162 valence electrons. The number of rotatable bonds is 6. The van der Waals surface area contributed by atoms with E-state index in [0.29, 0.717) is 37.9 Å². The normalized spacial score (nSPS) is 19.6. The first-order valence-electron chi connectivity index (χ1n) is 10.1. The first kappa shape index (κ1) is 21.8. The summed E-state index contributed by atoms with van der Waals surface area (Å²) in [6, 6.07) is 9.24. The van der Waals surface area contributed by atoms with Gasteiger partial charge in [-0.05, 0) is 54.8 Å². The average Bonchev–Trinajstić information content (AvgIpc) is 3.46. The van der Waals surface area contributed by atoms with Crippen molar-refractivity contribution in [3.05, 3.63) is 51.2 Å². The number of hydrogen-bond donors (Lipinski definition) is 1. The van der Waals surface area contributed by atoms with Gasteiger partial charge in [0.2, 0.25) is 10.0 Å². The minimum atomic E-state index is -3.64. The van der Waals surface area contributed by atoms with E-state index in [1.54, 1.807) is 5.38 Å². The molecule has 0 spiro atoms. The van der Waals surface area contributed by atoms with Crippen LogP contribution in [0.2, 0.25) is 5.02 Å². The van der Waals surface area contributed by atoms with Crippen molar-refractivity contribution >= 4 is 38.9 Å². The second kappa shape index (κ2) is 8.96. The number of halogens is 1. The Labute approximate surface area is 186 Å². The second-order valence-corrected chi connectivity index (χ2v) is 11.1. The largest absolute Gasteiger partial charge is 0.381 e. The number of nitrogens with one attached hydrogen (secondary N) is 1. The van der Waals surface area contributed by atoms with Gasteiger partial charge in [0.1, 0.15) is 9.77 Å². The van der Waals surface area contributed by atoms with Gasteiger partial charge < -0.3 is 10.1 Å². The highest BCUT2D eigenvalue weighted by molar-refractivity contribution is 7.89. The molecule has 4 rings (SSSR count). The van der Waals surface area contributed by atoms with Gasteiger partial charge in [0.05, 0.1) is 0 Å². The lowest BCUT2D eigenvalue weighted by Gasteiger charge is -2.38. The maximum absolute atomic E-state index is 13.0. The van der Waals surface area contributed by atoms with Gasteiger partial charge in [-0.1, -0.05) is 23.7 Å². The topological polar surface area (TPSA) is 75.7 Å². The van der Waals surface area contributed by atoms with Crippen molar-refractivity contribution < 1.29 is 17.9 Å². The molecule has 1 aromatic heterocycles. The van der Waals surface area contributed by atoms with Crippen molar-refractivity contribution in [2.45, 2.75) is 36.0 Å². The van der Waals surface area contributed by atoms with E-state index in [1.807, 2.05) is 24.3 Å². The SMILES string of the molecule is O=C(NCC1(c2ccc(Cl)cc2)CCOCC1)c1sccc1S(=O)(=O)N1CCCC1. The summed E-state index contributed by atoms with van der Waals surface area (Å²) in [4.78, 5) is 13.4. The van der Waals surface area contributed by atoms with Gasteiger partial charge in [-0.25, -0.2) is 8.42 Å². The molecule has 2 aliphatic heterocycles. The lowest BCUT2D eigenvalue weighted by atomic mass is 9.74. The van der Waals surface area contributed by atoms with Gasteiger partial charge in [-0.2, -0.15) is 4.31 Å². The molecule has 1 aromatic carbocycles. The number of sulfonamides is 1. The Hall–Kier alpha value is -1.45. The minimum Gasteiger partial charge on any atom is -0.381 e. The van der Waals surface area contributed by atoms with Crippen LogP contribution in [-0.4, -0.2) is 51.5 Å². The van der Waals surface area contributed by atoms with Gasteiger partial charge in [0, 0.05) is 43.3 Å². The van der Waals surface area contributed by atoms with Gasteiger partial charge in [0.25, 0.3) is 5.91 Å². The number of benzene rings is 1. The van der Waals surface area contributed by atoms with Crippen LogP contribution in [0.3, 0.4) is 0 Å². The molecular formula is C21H25ClN2O4S2. The fourth-order valence-corrected chi connectivity index (χ4v) is 7.16. The molecule has 2 saturated heterocycles. The van der Waals surface area contributed by atoms with E-state index in [4.69, 9.17) is 16.3 Å². The first-order valence-corrected chi connectivity index (χ1v) is 12.8. The third-order valence-corrected chi connectivity index (χ3v) is 9.25. The predicted octanol–water partition coefficient (Wildman–Crippen LogP) is 3.66. The smallest absolute Gasteiger partial charge is 0.262 e. The number of thiophene rings is 1. The molecule has 9 heteroatoms. The van der Waals surface area contributed by atoms with Gasteiger partial charge in [-0.3, -0.25) is 4.79 Å². The second-order valence-electron chi connectivity index (χ2n) is 7.81. The average molecular weight is 469 g/mol. The number of carbonyl (C=O) groups is 1. The predicted molar refractivity (Wildman–Crippen MR) is 118 cm³/mol. The van der Waals surface area contributed by atoms with E-state index in [0.717, 1.165) is 31.2 Å². The zero-order valence-electron chi connectivity index (χ0n) is 16.6. The van der Waals surface area contributed by atoms with Crippen molar-refractivity contribution in [3.8, 4) is 0 Å². The summed E-state index contributed by atoms with van der Waals surface area (Å²) < 4.78 is 33.0. The van der Waals surface area contributed by atoms with Crippen LogP contribution in [0.5, 0.6) is 0 Å². The molecule has 0 saturated carbocycles. The molecule has 2 fully saturated rings. The molecule has 0 radical (unpaired) electrons. The Bertz CT molecular complexity index is 992. The van der Waals surface area contributed by atoms with Crippen molar-refractivity contribution in [1.29, 1.82) is 0 Å². The fourth-order valence-electron chi connectivity index (χ4n) is 4.20. The molecule has 30 heavy (non-hydrogen) atoms. The highest BCUT2D eigenvalue weighted by atomic mass is 35.5. The summed E-state index contributed by atoms with van der Waals surface area (Å²) in [5.74, 6) is -0.345. The monoisotopic (exact) mass is 468 g/mol. The first-order chi connectivity index (χ1) is 14.4. The Balaban J connectivity index is 1.54. The summed E-state index contributed by atoms with van der Waals surface area (Å²) in [7, 11) is -3.64. The van der Waals surface area contributed by atoms with E-state index in [-0.39, 0.29) is 21.1 Å². The molecule has 0 aliphatic carbocycles. The molecule has 0 bridgehead atoms. The lowest BCUT2D eigenvalue weighted by molar-refractivity contribution is 0.0487. The highest BCUT2D eigenvalue weighted by Gasteiger charge is 2.36. The Morgan fingerprint density at radius 3 is 2.47 bits per heavy atom. The van der Waals surface area contributed by atoms with Crippen LogP contribution in [-0.2, 0) is 20.2 Å². The van der Waals surface area contributed by atoms with Crippen LogP contribution in [0.4, 0.5) is 0 Å². The number of nitrogens with zero attached hydrogens (tertiary/aromatic N) is 1. The van der Waals surface area contributed by atoms with E-state index < -0.39 is 10.0 Å². The molecule has 0 unspecified atom stereocenters. The van der Waals surface area contributed by atoms with E-state index in [2.05, 4.69) is 5.32 Å². The van der Waals surface area contributed by atoms with Crippen LogP contribution in [0, 0.1) is 0 Å². The van der Waals surface area contributed by atoms with Gasteiger partial charge in [-0.15, -0.1) is 11.3 Å². The van der Waals surface area contributed by atoms with Crippen molar-refractivity contribution in [1.82, 2.24) is 9.62 Å².